The lowest BCUT2D eigenvalue weighted by atomic mass is 9.65. The van der Waals surface area contributed by atoms with Gasteiger partial charge in [-0.2, -0.15) is 0 Å². The van der Waals surface area contributed by atoms with E-state index in [1.54, 1.807) is 0 Å². The van der Waals surface area contributed by atoms with Gasteiger partial charge in [-0.05, 0) is 36.5 Å². The lowest BCUT2D eigenvalue weighted by molar-refractivity contribution is -0.132. The first-order valence-electron chi connectivity index (χ1n) is 7.65. The summed E-state index contributed by atoms with van der Waals surface area (Å²) in [4.78, 5) is 25.4. The molecule has 0 aromatic carbocycles. The molecule has 20 heavy (non-hydrogen) atoms. The summed E-state index contributed by atoms with van der Waals surface area (Å²) in [6.07, 6.45) is 13.9. The molecule has 2 heteroatoms. The van der Waals surface area contributed by atoms with Crippen LogP contribution in [-0.4, -0.2) is 11.6 Å². The molecule has 2 unspecified atom stereocenters. The summed E-state index contributed by atoms with van der Waals surface area (Å²) in [5.41, 5.74) is 3.87. The van der Waals surface area contributed by atoms with E-state index >= 15 is 0 Å². The van der Waals surface area contributed by atoms with Gasteiger partial charge in [-0.3, -0.25) is 9.59 Å². The average Bonchev–Trinajstić information content (AvgIpc) is 2.51. The molecule has 1 saturated carbocycles. The number of ketones is 2. The maximum atomic E-state index is 12.7. The van der Waals surface area contributed by atoms with Gasteiger partial charge in [-0.1, -0.05) is 31.1 Å². The maximum absolute atomic E-state index is 12.7. The predicted octanol–water partition coefficient (Wildman–Crippen LogP) is 3.46. The fourth-order valence-electron chi connectivity index (χ4n) is 4.10. The number of Topliss-reactive ketones (excluding diaryl/α,β-unsaturated/α-hetero) is 2. The molecule has 0 aliphatic heterocycles. The molecular formula is C18H18O2. The highest BCUT2D eigenvalue weighted by Gasteiger charge is 2.44. The van der Waals surface area contributed by atoms with Gasteiger partial charge in [0.1, 0.15) is 0 Å². The van der Waals surface area contributed by atoms with Crippen molar-refractivity contribution in [2.75, 3.05) is 0 Å². The largest absolute Gasteiger partial charge is 0.294 e. The van der Waals surface area contributed by atoms with E-state index in [4.69, 9.17) is 0 Å². The van der Waals surface area contributed by atoms with Crippen LogP contribution >= 0.6 is 0 Å². The van der Waals surface area contributed by atoms with Gasteiger partial charge in [0.2, 0.25) is 0 Å². The molecule has 0 spiro atoms. The van der Waals surface area contributed by atoms with Gasteiger partial charge >= 0.3 is 0 Å². The van der Waals surface area contributed by atoms with Gasteiger partial charge < -0.3 is 0 Å². The van der Waals surface area contributed by atoms with Crippen molar-refractivity contribution < 1.29 is 9.59 Å². The van der Waals surface area contributed by atoms with Crippen molar-refractivity contribution in [2.45, 2.75) is 38.5 Å². The first kappa shape index (κ1) is 12.1. The Morgan fingerprint density at radius 2 is 1.75 bits per heavy atom. The topological polar surface area (TPSA) is 34.1 Å². The lowest BCUT2D eigenvalue weighted by Crippen LogP contribution is -2.40. The van der Waals surface area contributed by atoms with E-state index in [1.807, 2.05) is 6.08 Å². The van der Waals surface area contributed by atoms with Gasteiger partial charge in [0, 0.05) is 29.4 Å². The minimum atomic E-state index is -0.0371. The van der Waals surface area contributed by atoms with Crippen LogP contribution in [0.1, 0.15) is 38.5 Å². The van der Waals surface area contributed by atoms with Crippen LogP contribution in [0.15, 0.2) is 46.6 Å². The number of carbonyl (C=O) groups excluding carboxylic acids is 2. The van der Waals surface area contributed by atoms with Crippen LogP contribution in [0.3, 0.4) is 0 Å². The molecule has 0 aromatic rings. The monoisotopic (exact) mass is 266 g/mol. The van der Waals surface area contributed by atoms with Crippen LogP contribution in [0.2, 0.25) is 0 Å². The zero-order chi connectivity index (χ0) is 13.7. The van der Waals surface area contributed by atoms with E-state index in [-0.39, 0.29) is 23.4 Å². The second-order valence-corrected chi connectivity index (χ2v) is 6.26. The summed E-state index contributed by atoms with van der Waals surface area (Å²) >= 11 is 0. The number of hydrogen-bond acceptors (Lipinski definition) is 2. The molecule has 2 atom stereocenters. The summed E-state index contributed by atoms with van der Waals surface area (Å²) in [5.74, 6) is 0.430. The number of carbonyl (C=O) groups is 2. The normalized spacial score (nSPS) is 32.2. The lowest BCUT2D eigenvalue weighted by Gasteiger charge is -2.37. The first-order chi connectivity index (χ1) is 9.75. The maximum Gasteiger partial charge on any atom is 0.167 e. The second-order valence-electron chi connectivity index (χ2n) is 6.26. The molecule has 0 amide bonds. The average molecular weight is 266 g/mol. The molecule has 0 aromatic heterocycles. The highest BCUT2D eigenvalue weighted by molar-refractivity contribution is 6.16. The minimum Gasteiger partial charge on any atom is -0.294 e. The summed E-state index contributed by atoms with van der Waals surface area (Å²) < 4.78 is 0. The Labute approximate surface area is 118 Å². The molecule has 4 aliphatic rings. The Kier molecular flexibility index (Phi) is 2.66. The van der Waals surface area contributed by atoms with E-state index in [0.717, 1.165) is 48.8 Å². The van der Waals surface area contributed by atoms with E-state index < -0.39 is 0 Å². The standard InChI is InChI=1S/C18H18O2/c19-17-13-7-3-4-8-14(13)18(20)16-10-12-6-2-1-5-11(12)9-15(16)17/h1,5-6,9,13-14H,2-4,7-8,10H2. The summed E-state index contributed by atoms with van der Waals surface area (Å²) in [5, 5.41) is 0. The number of fused-ring (bicyclic) bond motifs is 2. The van der Waals surface area contributed by atoms with Crippen molar-refractivity contribution in [3.8, 4) is 0 Å². The van der Waals surface area contributed by atoms with Crippen molar-refractivity contribution in [3.63, 3.8) is 0 Å². The van der Waals surface area contributed by atoms with Crippen molar-refractivity contribution in [1.82, 2.24) is 0 Å². The molecule has 0 bridgehead atoms. The Morgan fingerprint density at radius 3 is 2.55 bits per heavy atom. The van der Waals surface area contributed by atoms with Crippen molar-refractivity contribution >= 4 is 11.6 Å². The number of rotatable bonds is 0. The highest BCUT2D eigenvalue weighted by Crippen LogP contribution is 2.44. The van der Waals surface area contributed by atoms with Gasteiger partial charge in [-0.25, -0.2) is 0 Å². The third-order valence-corrected chi connectivity index (χ3v) is 5.16. The fourth-order valence-corrected chi connectivity index (χ4v) is 4.10. The molecule has 0 radical (unpaired) electrons. The van der Waals surface area contributed by atoms with Crippen LogP contribution in [0.5, 0.6) is 0 Å². The van der Waals surface area contributed by atoms with Crippen LogP contribution < -0.4 is 0 Å². The van der Waals surface area contributed by atoms with E-state index in [1.165, 1.54) is 5.57 Å². The van der Waals surface area contributed by atoms with Crippen molar-refractivity contribution in [2.24, 2.45) is 11.8 Å². The third-order valence-electron chi connectivity index (χ3n) is 5.16. The van der Waals surface area contributed by atoms with Crippen LogP contribution in [-0.2, 0) is 9.59 Å². The molecule has 1 fully saturated rings. The summed E-state index contributed by atoms with van der Waals surface area (Å²) in [6, 6.07) is 0. The molecule has 2 nitrogen and oxygen atoms in total. The quantitative estimate of drug-likeness (QED) is 0.673. The van der Waals surface area contributed by atoms with Gasteiger partial charge in [0.15, 0.2) is 11.6 Å². The summed E-state index contributed by atoms with van der Waals surface area (Å²) in [6.45, 7) is 0. The molecule has 102 valence electrons. The van der Waals surface area contributed by atoms with Crippen molar-refractivity contribution in [1.29, 1.82) is 0 Å². The predicted molar refractivity (Wildman–Crippen MR) is 77.0 cm³/mol. The van der Waals surface area contributed by atoms with Crippen LogP contribution in [0.4, 0.5) is 0 Å². The van der Waals surface area contributed by atoms with E-state index in [0.29, 0.717) is 6.42 Å². The van der Waals surface area contributed by atoms with Gasteiger partial charge in [0.25, 0.3) is 0 Å². The van der Waals surface area contributed by atoms with E-state index in [2.05, 4.69) is 18.2 Å². The van der Waals surface area contributed by atoms with Crippen LogP contribution in [0.25, 0.3) is 0 Å². The molecule has 0 heterocycles. The smallest absolute Gasteiger partial charge is 0.167 e. The summed E-state index contributed by atoms with van der Waals surface area (Å²) in [7, 11) is 0. The molecule has 4 aliphatic carbocycles. The highest BCUT2D eigenvalue weighted by atomic mass is 16.1. The Hall–Kier alpha value is -1.70. The minimum absolute atomic E-state index is 0.0234. The molecular weight excluding hydrogens is 248 g/mol. The SMILES string of the molecule is O=C1C2=C(CC3=CCC=CC3=C2)C(=O)C2CCCCC12. The molecule has 4 rings (SSSR count). The van der Waals surface area contributed by atoms with Gasteiger partial charge in [0.05, 0.1) is 0 Å². The van der Waals surface area contributed by atoms with E-state index in [9.17, 15) is 9.59 Å². The fraction of sp³-hybridized carbons (Fsp3) is 0.444. The third kappa shape index (κ3) is 1.64. The number of hydrogen-bond donors (Lipinski definition) is 0. The first-order valence-corrected chi connectivity index (χ1v) is 7.65. The Bertz CT molecular complexity index is 628. The molecule has 0 saturated heterocycles. The Morgan fingerprint density at radius 1 is 1.00 bits per heavy atom. The molecule has 0 N–H and O–H groups in total. The zero-order valence-electron chi connectivity index (χ0n) is 11.5. The Balaban J connectivity index is 1.82. The second kappa shape index (κ2) is 4.41. The van der Waals surface area contributed by atoms with Crippen molar-refractivity contribution in [3.05, 3.63) is 46.6 Å². The van der Waals surface area contributed by atoms with Crippen LogP contribution in [0, 0.1) is 11.8 Å². The number of allylic oxidation sites excluding steroid dienone is 8. The van der Waals surface area contributed by atoms with Gasteiger partial charge in [-0.15, -0.1) is 0 Å². The zero-order valence-corrected chi connectivity index (χ0v) is 11.5.